The first kappa shape index (κ1) is 14.5. The number of aromatic nitrogens is 2. The van der Waals surface area contributed by atoms with Gasteiger partial charge >= 0.3 is 7.12 Å². The van der Waals surface area contributed by atoms with Crippen molar-refractivity contribution >= 4 is 12.6 Å². The number of hydrogen-bond donors (Lipinski definition) is 0. The highest BCUT2D eigenvalue weighted by Gasteiger charge is 2.53. The predicted octanol–water partition coefficient (Wildman–Crippen LogP) is 1.98. The summed E-state index contributed by atoms with van der Waals surface area (Å²) in [5.74, 6) is -0.0345. The largest absolute Gasteiger partial charge is 0.501 e. The lowest BCUT2D eigenvalue weighted by Crippen LogP contribution is -2.41. The molecule has 19 heavy (non-hydrogen) atoms. The zero-order chi connectivity index (χ0) is 14.4. The summed E-state index contributed by atoms with van der Waals surface area (Å²) in [6, 6.07) is 0. The average Bonchev–Trinajstić information content (AvgIpc) is 2.66. The van der Waals surface area contributed by atoms with Gasteiger partial charge in [-0.3, -0.25) is 0 Å². The van der Waals surface area contributed by atoms with Crippen LogP contribution in [0.2, 0.25) is 0 Å². The van der Waals surface area contributed by atoms with Crippen LogP contribution in [0.1, 0.15) is 41.5 Å². The van der Waals surface area contributed by atoms with Crippen LogP contribution in [-0.4, -0.2) is 28.1 Å². The maximum absolute atomic E-state index is 14.3. The minimum atomic E-state index is -0.689. The minimum absolute atomic E-state index is 0.334. The smallest absolute Gasteiger partial charge is 0.399 e. The quantitative estimate of drug-likeness (QED) is 0.786. The molecule has 106 valence electrons. The summed E-state index contributed by atoms with van der Waals surface area (Å²) in [5, 5.41) is 4.08. The van der Waals surface area contributed by atoms with Gasteiger partial charge in [-0.05, 0) is 33.6 Å². The van der Waals surface area contributed by atoms with Crippen molar-refractivity contribution in [2.75, 3.05) is 0 Å². The van der Waals surface area contributed by atoms with Gasteiger partial charge in [0, 0.05) is 6.54 Å². The van der Waals surface area contributed by atoms with Gasteiger partial charge < -0.3 is 9.31 Å². The van der Waals surface area contributed by atoms with E-state index >= 15 is 0 Å². The monoisotopic (exact) mass is 268 g/mol. The van der Waals surface area contributed by atoms with Gasteiger partial charge in [0.25, 0.3) is 0 Å². The molecule has 0 N–H and O–H groups in total. The molecule has 6 heteroatoms. The third-order valence-electron chi connectivity index (χ3n) is 3.85. The van der Waals surface area contributed by atoms with Gasteiger partial charge in [-0.15, -0.1) is 0 Å². The first-order valence-corrected chi connectivity index (χ1v) is 6.71. The Kier molecular flexibility index (Phi) is 3.52. The number of rotatable bonds is 3. The van der Waals surface area contributed by atoms with Crippen LogP contribution in [0.25, 0.3) is 0 Å². The summed E-state index contributed by atoms with van der Waals surface area (Å²) < 4.78 is 27.3. The molecule has 0 bridgehead atoms. The van der Waals surface area contributed by atoms with Crippen LogP contribution < -0.4 is 5.46 Å². The summed E-state index contributed by atoms with van der Waals surface area (Å²) in [5.41, 5.74) is -0.562. The van der Waals surface area contributed by atoms with Crippen LogP contribution in [0.4, 0.5) is 4.39 Å². The Labute approximate surface area is 114 Å². The average molecular weight is 268 g/mol. The fourth-order valence-electron chi connectivity index (χ4n) is 1.99. The van der Waals surface area contributed by atoms with Crippen molar-refractivity contribution in [3.8, 4) is 0 Å². The fraction of sp³-hybridized carbons (Fsp3) is 0.769. The van der Waals surface area contributed by atoms with Crippen LogP contribution in [-0.2, 0) is 15.9 Å². The summed E-state index contributed by atoms with van der Waals surface area (Å²) in [6.45, 7) is 12.4. The van der Waals surface area contributed by atoms with Crippen molar-refractivity contribution in [1.29, 1.82) is 0 Å². The highest BCUT2D eigenvalue weighted by molar-refractivity contribution is 6.62. The standard InChI is InChI=1S/C13H22BFN2O2/c1-9(2)8-17-11(15)10(7-16-17)14-18-12(3,4)13(5,6)19-14/h7,9H,8H2,1-6H3. The molecule has 1 aliphatic rings. The Bertz CT molecular complexity index is 455. The van der Waals surface area contributed by atoms with E-state index in [-0.39, 0.29) is 5.95 Å². The van der Waals surface area contributed by atoms with Crippen molar-refractivity contribution in [3.05, 3.63) is 12.1 Å². The van der Waals surface area contributed by atoms with E-state index in [0.29, 0.717) is 17.9 Å². The van der Waals surface area contributed by atoms with Gasteiger partial charge in [-0.1, -0.05) is 13.8 Å². The fourth-order valence-corrected chi connectivity index (χ4v) is 1.99. The molecule has 2 heterocycles. The number of hydrogen-bond acceptors (Lipinski definition) is 3. The highest BCUT2D eigenvalue weighted by Crippen LogP contribution is 2.36. The number of nitrogens with zero attached hydrogens (tertiary/aromatic N) is 2. The Balaban J connectivity index is 2.23. The van der Waals surface area contributed by atoms with Gasteiger partial charge in [0.15, 0.2) is 0 Å². The van der Waals surface area contributed by atoms with Crippen LogP contribution in [0.15, 0.2) is 6.20 Å². The molecule has 1 aromatic rings. The summed E-state index contributed by atoms with van der Waals surface area (Å²) in [4.78, 5) is 0. The molecule has 1 saturated heterocycles. The Hall–Kier alpha value is -0.875. The minimum Gasteiger partial charge on any atom is -0.399 e. The third-order valence-corrected chi connectivity index (χ3v) is 3.85. The molecular weight excluding hydrogens is 246 g/mol. The molecule has 4 nitrogen and oxygen atoms in total. The van der Waals surface area contributed by atoms with E-state index in [9.17, 15) is 4.39 Å². The Morgan fingerprint density at radius 3 is 2.26 bits per heavy atom. The molecule has 0 amide bonds. The zero-order valence-corrected chi connectivity index (χ0v) is 12.5. The van der Waals surface area contributed by atoms with Crippen molar-refractivity contribution in [1.82, 2.24) is 9.78 Å². The van der Waals surface area contributed by atoms with E-state index < -0.39 is 18.3 Å². The van der Waals surface area contributed by atoms with Crippen molar-refractivity contribution < 1.29 is 13.7 Å². The molecule has 0 saturated carbocycles. The van der Waals surface area contributed by atoms with Crippen LogP contribution in [0.3, 0.4) is 0 Å². The second-order valence-electron chi connectivity index (χ2n) is 6.55. The molecule has 1 fully saturated rings. The van der Waals surface area contributed by atoms with E-state index in [1.807, 2.05) is 41.5 Å². The lowest BCUT2D eigenvalue weighted by atomic mass is 9.81. The second kappa shape index (κ2) is 4.60. The normalized spacial score (nSPS) is 21.4. The number of halogens is 1. The molecule has 0 radical (unpaired) electrons. The molecule has 0 aliphatic carbocycles. The van der Waals surface area contributed by atoms with E-state index in [0.717, 1.165) is 0 Å². The van der Waals surface area contributed by atoms with Gasteiger partial charge in [-0.2, -0.15) is 9.49 Å². The van der Waals surface area contributed by atoms with Gasteiger partial charge in [0.2, 0.25) is 5.95 Å². The topological polar surface area (TPSA) is 36.3 Å². The van der Waals surface area contributed by atoms with E-state index in [1.54, 1.807) is 0 Å². The predicted molar refractivity (Wildman–Crippen MR) is 72.7 cm³/mol. The molecule has 0 aromatic carbocycles. The lowest BCUT2D eigenvalue weighted by Gasteiger charge is -2.32. The third kappa shape index (κ3) is 2.56. The van der Waals surface area contributed by atoms with E-state index in [1.165, 1.54) is 10.9 Å². The van der Waals surface area contributed by atoms with Crippen LogP contribution in [0, 0.1) is 11.9 Å². The molecule has 2 rings (SSSR count). The van der Waals surface area contributed by atoms with Gasteiger partial charge in [0.1, 0.15) is 0 Å². The first-order valence-electron chi connectivity index (χ1n) is 6.71. The van der Waals surface area contributed by atoms with Crippen molar-refractivity contribution in [2.45, 2.75) is 59.3 Å². The molecule has 0 atom stereocenters. The van der Waals surface area contributed by atoms with Crippen molar-refractivity contribution in [3.63, 3.8) is 0 Å². The van der Waals surface area contributed by atoms with E-state index in [4.69, 9.17) is 9.31 Å². The van der Waals surface area contributed by atoms with Gasteiger partial charge in [-0.25, -0.2) is 4.68 Å². The maximum Gasteiger partial charge on any atom is 0.501 e. The van der Waals surface area contributed by atoms with Gasteiger partial charge in [0.05, 0.1) is 22.9 Å². The van der Waals surface area contributed by atoms with Crippen LogP contribution >= 0.6 is 0 Å². The molecule has 0 spiro atoms. The summed E-state index contributed by atoms with van der Waals surface area (Å²) in [6.07, 6.45) is 1.50. The molecule has 1 aliphatic heterocycles. The summed E-state index contributed by atoms with van der Waals surface area (Å²) in [7, 11) is -0.689. The first-order chi connectivity index (χ1) is 8.64. The lowest BCUT2D eigenvalue weighted by molar-refractivity contribution is 0.00578. The Morgan fingerprint density at radius 1 is 1.26 bits per heavy atom. The van der Waals surface area contributed by atoms with Crippen molar-refractivity contribution in [2.24, 2.45) is 5.92 Å². The summed E-state index contributed by atoms with van der Waals surface area (Å²) >= 11 is 0. The van der Waals surface area contributed by atoms with Crippen LogP contribution in [0.5, 0.6) is 0 Å². The highest BCUT2D eigenvalue weighted by atomic mass is 19.1. The molecule has 1 aromatic heterocycles. The molecule has 0 unspecified atom stereocenters. The molecular formula is C13H22BFN2O2. The maximum atomic E-state index is 14.3. The van der Waals surface area contributed by atoms with E-state index in [2.05, 4.69) is 5.10 Å². The zero-order valence-electron chi connectivity index (χ0n) is 12.5. The SMILES string of the molecule is CC(C)Cn1ncc(B2OC(C)(C)C(C)(C)O2)c1F. The second-order valence-corrected chi connectivity index (χ2v) is 6.55. The Morgan fingerprint density at radius 2 is 1.79 bits per heavy atom.